The Bertz CT molecular complexity index is 625. The van der Waals surface area contributed by atoms with Crippen molar-refractivity contribution in [2.75, 3.05) is 20.8 Å². The molecule has 1 N–H and O–H groups in total. The van der Waals surface area contributed by atoms with Crippen molar-refractivity contribution in [3.63, 3.8) is 0 Å². The number of hydrogen-bond acceptors (Lipinski definition) is 6. The van der Waals surface area contributed by atoms with E-state index in [9.17, 15) is 9.59 Å². The number of carboxylic acids is 1. The van der Waals surface area contributed by atoms with Gasteiger partial charge in [-0.2, -0.15) is 0 Å². The van der Waals surface area contributed by atoms with E-state index in [0.717, 1.165) is 5.56 Å². The van der Waals surface area contributed by atoms with E-state index in [-0.39, 0.29) is 23.6 Å². The number of benzene rings is 1. The highest BCUT2D eigenvalue weighted by molar-refractivity contribution is 8.14. The molecule has 1 aromatic carbocycles. The number of amides is 1. The predicted molar refractivity (Wildman–Crippen MR) is 91.9 cm³/mol. The summed E-state index contributed by atoms with van der Waals surface area (Å²) in [5, 5.41) is 8.75. The Morgan fingerprint density at radius 3 is 2.48 bits per heavy atom. The van der Waals surface area contributed by atoms with E-state index in [1.807, 2.05) is 0 Å². The molecule has 1 atom stereocenters. The van der Waals surface area contributed by atoms with Crippen molar-refractivity contribution < 1.29 is 24.2 Å². The monoisotopic (exact) mass is 355 g/mol. The minimum absolute atomic E-state index is 0.108. The van der Waals surface area contributed by atoms with E-state index in [2.05, 4.69) is 12.6 Å². The van der Waals surface area contributed by atoms with Gasteiger partial charge in [0.2, 0.25) is 0 Å². The van der Waals surface area contributed by atoms with E-state index in [1.54, 1.807) is 38.5 Å². The van der Waals surface area contributed by atoms with Gasteiger partial charge >= 0.3 is 5.97 Å². The lowest BCUT2D eigenvalue weighted by molar-refractivity contribution is -0.137. The fraction of sp³-hybridized carbons (Fsp3) is 0.333. The van der Waals surface area contributed by atoms with Crippen LogP contribution in [-0.4, -0.2) is 47.4 Å². The zero-order valence-electron chi connectivity index (χ0n) is 12.7. The van der Waals surface area contributed by atoms with Crippen molar-refractivity contribution in [1.29, 1.82) is 0 Å². The molecule has 0 bridgehead atoms. The molecular weight excluding hydrogens is 338 g/mol. The summed E-state index contributed by atoms with van der Waals surface area (Å²) in [6, 6.07) is 5.32. The summed E-state index contributed by atoms with van der Waals surface area (Å²) in [6.45, 7) is 0.133. The number of rotatable bonds is 6. The van der Waals surface area contributed by atoms with Gasteiger partial charge in [-0.1, -0.05) is 11.8 Å². The average Bonchev–Trinajstić information content (AvgIpc) is 2.78. The zero-order valence-corrected chi connectivity index (χ0v) is 14.4. The molecule has 0 aromatic heterocycles. The van der Waals surface area contributed by atoms with Gasteiger partial charge in [0.1, 0.15) is 16.2 Å². The van der Waals surface area contributed by atoms with Crippen molar-refractivity contribution in [3.05, 3.63) is 28.7 Å². The van der Waals surface area contributed by atoms with Crippen LogP contribution in [0.15, 0.2) is 23.1 Å². The van der Waals surface area contributed by atoms with Crippen molar-refractivity contribution in [2.45, 2.75) is 11.1 Å². The number of aliphatic carboxylic acids is 1. The van der Waals surface area contributed by atoms with Gasteiger partial charge < -0.3 is 19.5 Å². The number of nitrogens with zero attached hydrogens (tertiary/aromatic N) is 1. The van der Waals surface area contributed by atoms with Crippen LogP contribution in [0.2, 0.25) is 0 Å². The molecule has 124 valence electrons. The maximum atomic E-state index is 12.4. The maximum Gasteiger partial charge on any atom is 0.305 e. The second kappa shape index (κ2) is 7.65. The summed E-state index contributed by atoms with van der Waals surface area (Å²) in [4.78, 5) is 25.0. The highest BCUT2D eigenvalue weighted by Crippen LogP contribution is 2.38. The second-order valence-electron chi connectivity index (χ2n) is 4.74. The topological polar surface area (TPSA) is 76.1 Å². The smallest absolute Gasteiger partial charge is 0.305 e. The molecule has 8 heteroatoms. The van der Waals surface area contributed by atoms with Gasteiger partial charge in [0.15, 0.2) is 0 Å². The molecule has 0 radical (unpaired) electrons. The summed E-state index contributed by atoms with van der Waals surface area (Å²) in [7, 11) is 3.11. The molecule has 1 amide bonds. The van der Waals surface area contributed by atoms with Crippen LogP contribution >= 0.6 is 24.4 Å². The van der Waals surface area contributed by atoms with E-state index in [0.29, 0.717) is 16.4 Å². The number of thiol groups is 1. The number of carbonyl (C=O) groups is 2. The first kappa shape index (κ1) is 17.6. The third-order valence-electron chi connectivity index (χ3n) is 3.21. The largest absolute Gasteiger partial charge is 0.497 e. The maximum absolute atomic E-state index is 12.4. The van der Waals surface area contributed by atoms with Crippen LogP contribution in [0.1, 0.15) is 12.0 Å². The van der Waals surface area contributed by atoms with Gasteiger partial charge in [-0.05, 0) is 23.8 Å². The van der Waals surface area contributed by atoms with Crippen molar-refractivity contribution in [3.8, 4) is 11.5 Å². The Labute approximate surface area is 143 Å². The first-order chi connectivity index (χ1) is 10.9. The summed E-state index contributed by atoms with van der Waals surface area (Å²) in [6.07, 6.45) is 1.62. The quantitative estimate of drug-likeness (QED) is 0.602. The molecule has 0 saturated carbocycles. The summed E-state index contributed by atoms with van der Waals surface area (Å²) in [5.41, 5.74) is 0.762. The highest BCUT2D eigenvalue weighted by Gasteiger charge is 2.33. The molecule has 0 spiro atoms. The van der Waals surface area contributed by atoms with Crippen LogP contribution in [0.5, 0.6) is 11.5 Å². The Morgan fingerprint density at radius 2 is 1.96 bits per heavy atom. The van der Waals surface area contributed by atoms with Gasteiger partial charge in [-0.25, -0.2) is 0 Å². The fourth-order valence-electron chi connectivity index (χ4n) is 2.06. The Hall–Kier alpha value is -1.80. The van der Waals surface area contributed by atoms with Crippen LogP contribution in [0.4, 0.5) is 0 Å². The molecule has 1 saturated heterocycles. The molecule has 1 fully saturated rings. The summed E-state index contributed by atoms with van der Waals surface area (Å²) >= 11 is 5.62. The third kappa shape index (κ3) is 4.35. The lowest BCUT2D eigenvalue weighted by atomic mass is 10.2. The first-order valence-electron chi connectivity index (χ1n) is 6.77. The lowest BCUT2D eigenvalue weighted by Gasteiger charge is -2.17. The van der Waals surface area contributed by atoms with Crippen molar-refractivity contribution >= 4 is 42.3 Å². The Kier molecular flexibility index (Phi) is 5.84. The second-order valence-corrected chi connectivity index (χ2v) is 6.70. The number of methoxy groups -OCH3 is 2. The molecule has 1 heterocycles. The van der Waals surface area contributed by atoms with Crippen LogP contribution in [-0.2, 0) is 9.59 Å². The third-order valence-corrected chi connectivity index (χ3v) is 4.82. The molecule has 23 heavy (non-hydrogen) atoms. The SMILES string of the molecule is COc1cc(/C=C2\SC(S)N(CCC(=O)O)C2=O)cc(OC)c1. The molecule has 1 unspecified atom stereocenters. The fourth-order valence-corrected chi connectivity index (χ4v) is 3.60. The van der Waals surface area contributed by atoms with E-state index in [1.165, 1.54) is 16.7 Å². The number of carbonyl (C=O) groups excluding carboxylic acids is 1. The van der Waals surface area contributed by atoms with Gasteiger partial charge in [-0.15, -0.1) is 12.6 Å². The first-order valence-corrected chi connectivity index (χ1v) is 8.16. The van der Waals surface area contributed by atoms with Gasteiger partial charge in [0.25, 0.3) is 5.91 Å². The Balaban J connectivity index is 2.23. The summed E-state index contributed by atoms with van der Waals surface area (Å²) < 4.78 is 10.0. The van der Waals surface area contributed by atoms with Crippen LogP contribution in [0.3, 0.4) is 0 Å². The minimum atomic E-state index is -0.946. The number of carboxylic acid groups (broad SMARTS) is 1. The number of thioether (sulfide) groups is 1. The Morgan fingerprint density at radius 1 is 1.35 bits per heavy atom. The molecular formula is C15H17NO5S2. The average molecular weight is 355 g/mol. The van der Waals surface area contributed by atoms with Crippen molar-refractivity contribution in [1.82, 2.24) is 4.90 Å². The number of ether oxygens (including phenoxy) is 2. The highest BCUT2D eigenvalue weighted by atomic mass is 32.2. The van der Waals surface area contributed by atoms with Crippen molar-refractivity contribution in [2.24, 2.45) is 0 Å². The lowest BCUT2D eigenvalue weighted by Crippen LogP contribution is -2.31. The zero-order chi connectivity index (χ0) is 17.0. The molecule has 6 nitrogen and oxygen atoms in total. The molecule has 2 rings (SSSR count). The molecule has 1 aliphatic heterocycles. The normalized spacial score (nSPS) is 19.3. The van der Waals surface area contributed by atoms with Gasteiger partial charge in [0.05, 0.1) is 25.5 Å². The molecule has 0 aliphatic carbocycles. The number of hydrogen-bond donors (Lipinski definition) is 2. The predicted octanol–water partition coefficient (Wildman–Crippen LogP) is 2.31. The van der Waals surface area contributed by atoms with Crippen LogP contribution in [0, 0.1) is 0 Å². The summed E-state index contributed by atoms with van der Waals surface area (Å²) in [5.74, 6) is 0.0740. The van der Waals surface area contributed by atoms with Crippen LogP contribution in [0.25, 0.3) is 6.08 Å². The van der Waals surface area contributed by atoms with Gasteiger partial charge in [-0.3, -0.25) is 9.59 Å². The van der Waals surface area contributed by atoms with E-state index >= 15 is 0 Å². The van der Waals surface area contributed by atoms with E-state index in [4.69, 9.17) is 14.6 Å². The standard InChI is InChI=1S/C15H17NO5S2/c1-20-10-5-9(6-11(8-10)21-2)7-12-14(19)16(15(22)23-12)4-3-13(17)18/h5-8,15,22H,3-4H2,1-2H3,(H,17,18)/b12-7-. The van der Waals surface area contributed by atoms with Crippen LogP contribution < -0.4 is 9.47 Å². The molecule has 1 aliphatic rings. The molecule has 1 aromatic rings. The minimum Gasteiger partial charge on any atom is -0.497 e. The van der Waals surface area contributed by atoms with E-state index < -0.39 is 5.97 Å². The van der Waals surface area contributed by atoms with Gasteiger partial charge in [0, 0.05) is 12.6 Å².